The van der Waals surface area contributed by atoms with Crippen LogP contribution in [0.3, 0.4) is 0 Å². The highest BCUT2D eigenvalue weighted by Crippen LogP contribution is 2.52. The number of carbonyl (C=O) groups is 2. The first-order valence-electron chi connectivity index (χ1n) is 7.03. The van der Waals surface area contributed by atoms with Gasteiger partial charge in [0.25, 0.3) is 5.91 Å². The molecule has 0 radical (unpaired) electrons. The zero-order valence-electron chi connectivity index (χ0n) is 11.9. The van der Waals surface area contributed by atoms with Gasteiger partial charge in [0.1, 0.15) is 0 Å². The number of fused-ring (bicyclic) bond motifs is 2. The molecule has 0 saturated carbocycles. The molecule has 0 saturated heterocycles. The van der Waals surface area contributed by atoms with Crippen LogP contribution in [0.25, 0.3) is 5.57 Å². The lowest BCUT2D eigenvalue weighted by atomic mass is 9.84. The summed E-state index contributed by atoms with van der Waals surface area (Å²) in [4.78, 5) is 26.5. The van der Waals surface area contributed by atoms with Gasteiger partial charge in [-0.3, -0.25) is 4.79 Å². The number of anilines is 1. The summed E-state index contributed by atoms with van der Waals surface area (Å²) >= 11 is 0. The number of amides is 1. The van der Waals surface area contributed by atoms with Gasteiger partial charge in [-0.25, -0.2) is 4.79 Å². The molecule has 2 heterocycles. The van der Waals surface area contributed by atoms with Crippen molar-refractivity contribution >= 4 is 23.1 Å². The largest absolute Gasteiger partial charge is 0.436 e. The summed E-state index contributed by atoms with van der Waals surface area (Å²) in [6.45, 7) is 0. The average Bonchev–Trinajstić information content (AvgIpc) is 3.01. The Hall–Kier alpha value is -2.88. The maximum absolute atomic E-state index is 12.9. The summed E-state index contributed by atoms with van der Waals surface area (Å²) in [7, 11) is 1.70. The Morgan fingerprint density at radius 2 is 1.64 bits per heavy atom. The molecule has 2 aliphatic heterocycles. The standard InChI is InChI=1S/C18H13NO3/c1-19-15-10-6-5-9-13(15)18(17(19)21)14(11-16(20)22-18)12-7-3-2-4-8-12/h2-11H,1H3/t18-/m0/s1. The lowest BCUT2D eigenvalue weighted by Crippen LogP contribution is -2.40. The minimum absolute atomic E-state index is 0.241. The smallest absolute Gasteiger partial charge is 0.332 e. The topological polar surface area (TPSA) is 46.6 Å². The Balaban J connectivity index is 2.00. The molecule has 1 amide bonds. The van der Waals surface area contributed by atoms with Gasteiger partial charge in [-0.1, -0.05) is 48.5 Å². The van der Waals surface area contributed by atoms with Gasteiger partial charge in [0.15, 0.2) is 0 Å². The maximum atomic E-state index is 12.9. The molecule has 4 rings (SSSR count). The average molecular weight is 291 g/mol. The molecule has 108 valence electrons. The zero-order chi connectivity index (χ0) is 15.3. The molecule has 2 aliphatic rings. The van der Waals surface area contributed by atoms with E-state index in [1.54, 1.807) is 11.9 Å². The molecular weight excluding hydrogens is 278 g/mol. The number of benzene rings is 2. The van der Waals surface area contributed by atoms with Crippen molar-refractivity contribution in [2.45, 2.75) is 5.60 Å². The van der Waals surface area contributed by atoms with Crippen molar-refractivity contribution in [3.05, 3.63) is 71.8 Å². The van der Waals surface area contributed by atoms with Gasteiger partial charge in [0.2, 0.25) is 5.60 Å². The van der Waals surface area contributed by atoms with Crippen molar-refractivity contribution < 1.29 is 14.3 Å². The molecule has 0 aliphatic carbocycles. The Morgan fingerprint density at radius 3 is 2.41 bits per heavy atom. The van der Waals surface area contributed by atoms with Crippen LogP contribution in [0.1, 0.15) is 11.1 Å². The lowest BCUT2D eigenvalue weighted by Gasteiger charge is -2.25. The fraction of sp³-hybridized carbons (Fsp3) is 0.111. The third-order valence-electron chi connectivity index (χ3n) is 4.23. The Labute approximate surface area is 127 Å². The van der Waals surface area contributed by atoms with Gasteiger partial charge < -0.3 is 9.64 Å². The van der Waals surface area contributed by atoms with Crippen LogP contribution in [0.5, 0.6) is 0 Å². The van der Waals surface area contributed by atoms with Gasteiger partial charge in [0.05, 0.1) is 5.69 Å². The predicted octanol–water partition coefficient (Wildman–Crippen LogP) is 2.50. The number of rotatable bonds is 1. The molecule has 2 aromatic rings. The molecule has 4 heteroatoms. The van der Waals surface area contributed by atoms with Crippen molar-refractivity contribution in [2.75, 3.05) is 11.9 Å². The minimum atomic E-state index is -1.36. The van der Waals surface area contributed by atoms with Crippen LogP contribution in [0.2, 0.25) is 0 Å². The molecule has 22 heavy (non-hydrogen) atoms. The van der Waals surface area contributed by atoms with Crippen LogP contribution in [-0.2, 0) is 19.9 Å². The van der Waals surface area contributed by atoms with Crippen LogP contribution in [0, 0.1) is 0 Å². The normalized spacial score (nSPS) is 22.8. The van der Waals surface area contributed by atoms with E-state index in [4.69, 9.17) is 4.74 Å². The molecule has 2 aromatic carbocycles. The number of hydrogen-bond donors (Lipinski definition) is 0. The third-order valence-corrected chi connectivity index (χ3v) is 4.23. The molecule has 0 fully saturated rings. The fourth-order valence-electron chi connectivity index (χ4n) is 3.24. The van der Waals surface area contributed by atoms with E-state index in [1.165, 1.54) is 6.08 Å². The highest BCUT2D eigenvalue weighted by Gasteiger charge is 2.58. The van der Waals surface area contributed by atoms with E-state index in [-0.39, 0.29) is 5.91 Å². The fourth-order valence-corrected chi connectivity index (χ4v) is 3.24. The quantitative estimate of drug-likeness (QED) is 0.758. The van der Waals surface area contributed by atoms with Gasteiger partial charge in [-0.15, -0.1) is 0 Å². The summed E-state index contributed by atoms with van der Waals surface area (Å²) in [6, 6.07) is 16.8. The number of ether oxygens (including phenoxy) is 1. The van der Waals surface area contributed by atoms with E-state index in [1.807, 2.05) is 54.6 Å². The molecule has 1 atom stereocenters. The van der Waals surface area contributed by atoms with Crippen LogP contribution < -0.4 is 4.90 Å². The molecule has 0 N–H and O–H groups in total. The minimum Gasteiger partial charge on any atom is -0.436 e. The van der Waals surface area contributed by atoms with Gasteiger partial charge in [-0.2, -0.15) is 0 Å². The number of carbonyl (C=O) groups excluding carboxylic acids is 2. The lowest BCUT2D eigenvalue weighted by molar-refractivity contribution is -0.153. The SMILES string of the molecule is CN1C(=O)[C@]2(OC(=O)C=C2c2ccccc2)c2ccccc21. The van der Waals surface area contributed by atoms with E-state index < -0.39 is 11.6 Å². The second-order valence-corrected chi connectivity index (χ2v) is 5.41. The van der Waals surface area contributed by atoms with E-state index in [9.17, 15) is 9.59 Å². The molecule has 0 aromatic heterocycles. The molecule has 0 unspecified atom stereocenters. The monoisotopic (exact) mass is 291 g/mol. The molecular formula is C18H13NO3. The zero-order valence-corrected chi connectivity index (χ0v) is 11.9. The predicted molar refractivity (Wildman–Crippen MR) is 82.0 cm³/mol. The Morgan fingerprint density at radius 1 is 0.955 bits per heavy atom. The summed E-state index contributed by atoms with van der Waals surface area (Å²) in [6.07, 6.45) is 1.42. The number of likely N-dealkylation sites (N-methyl/N-ethyl adjacent to an activating group) is 1. The van der Waals surface area contributed by atoms with Crippen molar-refractivity contribution in [3.63, 3.8) is 0 Å². The Kier molecular flexibility index (Phi) is 2.51. The summed E-state index contributed by atoms with van der Waals surface area (Å²) in [5, 5.41) is 0. The number of para-hydroxylation sites is 1. The number of esters is 1. The second-order valence-electron chi connectivity index (χ2n) is 5.41. The molecule has 0 bridgehead atoms. The number of hydrogen-bond acceptors (Lipinski definition) is 3. The van der Waals surface area contributed by atoms with Crippen molar-refractivity contribution in [1.82, 2.24) is 0 Å². The van der Waals surface area contributed by atoms with Gasteiger partial charge in [0, 0.05) is 24.3 Å². The summed E-state index contributed by atoms with van der Waals surface area (Å²) < 4.78 is 5.56. The highest BCUT2D eigenvalue weighted by molar-refractivity contribution is 6.19. The van der Waals surface area contributed by atoms with Crippen molar-refractivity contribution in [2.24, 2.45) is 0 Å². The van der Waals surface area contributed by atoms with Gasteiger partial charge in [-0.05, 0) is 11.6 Å². The van der Waals surface area contributed by atoms with Crippen LogP contribution >= 0.6 is 0 Å². The van der Waals surface area contributed by atoms with E-state index >= 15 is 0 Å². The van der Waals surface area contributed by atoms with E-state index in [0.29, 0.717) is 11.1 Å². The summed E-state index contributed by atoms with van der Waals surface area (Å²) in [5.74, 6) is -0.730. The maximum Gasteiger partial charge on any atom is 0.332 e. The second kappa shape index (κ2) is 4.31. The highest BCUT2D eigenvalue weighted by atomic mass is 16.6. The molecule has 1 spiro atoms. The van der Waals surface area contributed by atoms with Crippen molar-refractivity contribution in [3.8, 4) is 0 Å². The van der Waals surface area contributed by atoms with E-state index in [0.717, 1.165) is 11.3 Å². The van der Waals surface area contributed by atoms with Crippen LogP contribution in [-0.4, -0.2) is 18.9 Å². The third kappa shape index (κ3) is 1.46. The summed E-state index contributed by atoms with van der Waals surface area (Å²) in [5.41, 5.74) is 1.53. The number of nitrogens with zero attached hydrogens (tertiary/aromatic N) is 1. The first-order valence-corrected chi connectivity index (χ1v) is 7.03. The van der Waals surface area contributed by atoms with E-state index in [2.05, 4.69) is 0 Å². The molecule has 4 nitrogen and oxygen atoms in total. The first kappa shape index (κ1) is 12.8. The van der Waals surface area contributed by atoms with Gasteiger partial charge >= 0.3 is 5.97 Å². The van der Waals surface area contributed by atoms with Crippen LogP contribution in [0.4, 0.5) is 5.69 Å². The Bertz CT molecular complexity index is 825. The first-order chi connectivity index (χ1) is 10.6. The van der Waals surface area contributed by atoms with Crippen LogP contribution in [0.15, 0.2) is 60.7 Å². The van der Waals surface area contributed by atoms with Crippen molar-refractivity contribution in [1.29, 1.82) is 0 Å².